The van der Waals surface area contributed by atoms with Crippen LogP contribution in [0.25, 0.3) is 10.8 Å². The minimum Gasteiger partial charge on any atom is -0.744 e. The molecular weight excluding hydrogens is 396 g/mol. The van der Waals surface area contributed by atoms with Crippen LogP contribution in [0, 0.1) is 0 Å². The molecule has 0 amide bonds. The molecule has 9 heteroatoms. The number of aromatic hydroxyl groups is 1. The molecule has 7 nitrogen and oxygen atoms in total. The summed E-state index contributed by atoms with van der Waals surface area (Å²) in [5.41, 5.74) is 0.0574. The second kappa shape index (κ2) is 8.99. The van der Waals surface area contributed by atoms with Gasteiger partial charge in [-0.25, -0.2) is 8.42 Å². The van der Waals surface area contributed by atoms with Crippen molar-refractivity contribution in [1.82, 2.24) is 0 Å². The second-order valence-corrected chi connectivity index (χ2v) is 6.72. The molecule has 0 aliphatic heterocycles. The van der Waals surface area contributed by atoms with Crippen molar-refractivity contribution in [2.24, 2.45) is 10.2 Å². The minimum absolute atomic E-state index is 0. The predicted molar refractivity (Wildman–Crippen MR) is 101 cm³/mol. The van der Waals surface area contributed by atoms with Crippen LogP contribution >= 0.6 is 0 Å². The average molecular weight is 411 g/mol. The second-order valence-electron chi connectivity index (χ2n) is 5.37. The third kappa shape index (κ3) is 4.97. The van der Waals surface area contributed by atoms with Gasteiger partial charge in [-0.2, -0.15) is 0 Å². The van der Waals surface area contributed by atoms with Crippen LogP contribution in [-0.4, -0.2) is 62.4 Å². The van der Waals surface area contributed by atoms with E-state index in [0.29, 0.717) is 12.0 Å². The van der Waals surface area contributed by atoms with Crippen LogP contribution in [-0.2, 0) is 10.1 Å². The molecule has 0 radical (unpaired) electrons. The van der Waals surface area contributed by atoms with Gasteiger partial charge in [0.1, 0.15) is 33.0 Å². The molecule has 0 aliphatic rings. The van der Waals surface area contributed by atoms with Crippen LogP contribution in [0.2, 0.25) is 0 Å². The van der Waals surface area contributed by atoms with Crippen molar-refractivity contribution in [3.63, 3.8) is 0 Å². The summed E-state index contributed by atoms with van der Waals surface area (Å²) < 4.78 is 39.8. The molecule has 27 heavy (non-hydrogen) atoms. The van der Waals surface area contributed by atoms with E-state index in [1.54, 1.807) is 25.1 Å². The van der Waals surface area contributed by atoms with Crippen molar-refractivity contribution in [2.75, 3.05) is 6.61 Å². The Morgan fingerprint density at radius 1 is 1.07 bits per heavy atom. The average Bonchev–Trinajstić information content (AvgIpc) is 2.61. The minimum atomic E-state index is -4.78. The van der Waals surface area contributed by atoms with E-state index < -0.39 is 15.0 Å². The van der Waals surface area contributed by atoms with Gasteiger partial charge in [-0.1, -0.05) is 30.3 Å². The van der Waals surface area contributed by atoms with Gasteiger partial charge in [0.05, 0.1) is 11.5 Å². The molecule has 0 aliphatic carbocycles. The molecule has 3 rings (SSSR count). The van der Waals surface area contributed by atoms with Gasteiger partial charge >= 0.3 is 37.7 Å². The number of nitrogens with zero attached hydrogens (tertiary/aromatic N) is 2. The zero-order valence-electron chi connectivity index (χ0n) is 14.5. The van der Waals surface area contributed by atoms with Crippen molar-refractivity contribution >= 4 is 70.0 Å². The smallest absolute Gasteiger partial charge is 0.744 e. The summed E-state index contributed by atoms with van der Waals surface area (Å²) in [6.45, 7) is 2.06. The zero-order valence-corrected chi connectivity index (χ0v) is 17.5. The number of fused-ring (bicyclic) bond motifs is 1. The molecule has 0 saturated heterocycles. The Hall–Kier alpha value is -1.71. The molecule has 0 atom stereocenters. The first-order valence-electron chi connectivity index (χ1n) is 7.75. The Bertz CT molecular complexity index is 1100. The number of rotatable bonds is 5. The Labute approximate surface area is 186 Å². The van der Waals surface area contributed by atoms with Crippen molar-refractivity contribution in [3.05, 3.63) is 54.6 Å². The van der Waals surface area contributed by atoms with E-state index in [1.165, 1.54) is 18.2 Å². The molecule has 0 fully saturated rings. The van der Waals surface area contributed by atoms with Gasteiger partial charge in [-0.3, -0.25) is 0 Å². The SMILES string of the molecule is CCOc1ccc(N=Nc2c(O)ccc3ccccc23)c(S(=O)(=O)[O-])c1.[Ca+2]. The Morgan fingerprint density at radius 2 is 1.81 bits per heavy atom. The molecule has 0 saturated carbocycles. The van der Waals surface area contributed by atoms with Crippen LogP contribution < -0.4 is 4.74 Å². The van der Waals surface area contributed by atoms with Crippen molar-refractivity contribution in [1.29, 1.82) is 0 Å². The van der Waals surface area contributed by atoms with Crippen LogP contribution in [0.5, 0.6) is 11.5 Å². The summed E-state index contributed by atoms with van der Waals surface area (Å²) >= 11 is 0. The number of benzene rings is 3. The van der Waals surface area contributed by atoms with E-state index in [2.05, 4.69) is 10.2 Å². The van der Waals surface area contributed by atoms with Gasteiger partial charge in [0.15, 0.2) is 0 Å². The van der Waals surface area contributed by atoms with Gasteiger partial charge in [0.2, 0.25) is 0 Å². The fourth-order valence-corrected chi connectivity index (χ4v) is 3.11. The predicted octanol–water partition coefficient (Wildman–Crippen LogP) is 3.88. The van der Waals surface area contributed by atoms with Gasteiger partial charge in [-0.05, 0) is 36.6 Å². The summed E-state index contributed by atoms with van der Waals surface area (Å²) in [5, 5.41) is 19.4. The molecule has 0 unspecified atom stereocenters. The van der Waals surface area contributed by atoms with E-state index in [9.17, 15) is 18.1 Å². The molecule has 0 bridgehead atoms. The van der Waals surface area contributed by atoms with Gasteiger partial charge in [0.25, 0.3) is 0 Å². The maximum atomic E-state index is 11.5. The van der Waals surface area contributed by atoms with Crippen molar-refractivity contribution in [2.45, 2.75) is 11.8 Å². The van der Waals surface area contributed by atoms with Crippen molar-refractivity contribution in [3.8, 4) is 11.5 Å². The Morgan fingerprint density at radius 3 is 2.52 bits per heavy atom. The van der Waals surface area contributed by atoms with E-state index in [1.807, 2.05) is 12.1 Å². The van der Waals surface area contributed by atoms with Crippen LogP contribution in [0.15, 0.2) is 69.7 Å². The number of phenols is 1. The molecule has 3 aromatic rings. The van der Waals surface area contributed by atoms with E-state index >= 15 is 0 Å². The van der Waals surface area contributed by atoms with Gasteiger partial charge < -0.3 is 14.4 Å². The largest absolute Gasteiger partial charge is 2.00 e. The number of phenolic OH excluding ortho intramolecular Hbond substituents is 1. The normalized spacial score (nSPS) is 11.5. The standard InChI is InChI=1S/C18H16N2O5S.Ca/c1-2-25-13-8-9-15(17(11-13)26(22,23)24)19-20-18-14-6-4-3-5-12(14)7-10-16(18)21;/h3-11,21H,2H2,1H3,(H,22,23,24);/q;+2/p-1. The Balaban J connectivity index is 0.00000261. The monoisotopic (exact) mass is 411 g/mol. The summed E-state index contributed by atoms with van der Waals surface area (Å²) in [6, 6.07) is 14.4. The first-order chi connectivity index (χ1) is 12.4. The fourth-order valence-electron chi connectivity index (χ4n) is 2.49. The van der Waals surface area contributed by atoms with Crippen LogP contribution in [0.4, 0.5) is 11.4 Å². The number of azo groups is 1. The molecule has 134 valence electrons. The van der Waals surface area contributed by atoms with Crippen LogP contribution in [0.1, 0.15) is 6.92 Å². The molecule has 0 spiro atoms. The number of hydrogen-bond acceptors (Lipinski definition) is 7. The third-order valence-corrected chi connectivity index (χ3v) is 4.51. The summed E-state index contributed by atoms with van der Waals surface area (Å²) in [4.78, 5) is -0.535. The summed E-state index contributed by atoms with van der Waals surface area (Å²) in [5.74, 6) is 0.138. The molecule has 3 aromatic carbocycles. The first-order valence-corrected chi connectivity index (χ1v) is 9.16. The number of ether oxygens (including phenoxy) is 1. The molecule has 1 N–H and O–H groups in total. The van der Waals surface area contributed by atoms with E-state index in [-0.39, 0.29) is 60.6 Å². The van der Waals surface area contributed by atoms with Gasteiger partial charge in [-0.15, -0.1) is 10.2 Å². The van der Waals surface area contributed by atoms with E-state index in [0.717, 1.165) is 11.5 Å². The fraction of sp³-hybridized carbons (Fsp3) is 0.111. The topological polar surface area (TPSA) is 111 Å². The maximum Gasteiger partial charge on any atom is 2.00 e. The first kappa shape index (κ1) is 21.6. The third-order valence-electron chi connectivity index (χ3n) is 3.65. The molecule has 0 aromatic heterocycles. The van der Waals surface area contributed by atoms with Crippen LogP contribution in [0.3, 0.4) is 0 Å². The molecular formula is C18H15CaN2O5S+. The summed E-state index contributed by atoms with van der Waals surface area (Å²) in [7, 11) is -4.78. The van der Waals surface area contributed by atoms with Crippen molar-refractivity contribution < 1.29 is 22.8 Å². The summed E-state index contributed by atoms with van der Waals surface area (Å²) in [6.07, 6.45) is 0. The maximum absolute atomic E-state index is 11.5. The Kier molecular flexibility index (Phi) is 7.19. The zero-order chi connectivity index (χ0) is 18.7. The number of hydrogen-bond donors (Lipinski definition) is 1. The molecule has 0 heterocycles. The quantitative estimate of drug-likeness (QED) is 0.389. The van der Waals surface area contributed by atoms with E-state index in [4.69, 9.17) is 4.74 Å². The van der Waals surface area contributed by atoms with Gasteiger partial charge in [0, 0.05) is 5.39 Å².